The molecule has 3 atom stereocenters. The lowest BCUT2D eigenvalue weighted by Gasteiger charge is -2.49. The summed E-state index contributed by atoms with van der Waals surface area (Å²) in [6, 6.07) is 0.177. The minimum atomic E-state index is 0.177. The summed E-state index contributed by atoms with van der Waals surface area (Å²) in [6.07, 6.45) is 7.25. The second kappa shape index (κ2) is 5.03. The molecule has 0 radical (unpaired) electrons. The molecule has 0 aromatic carbocycles. The number of ether oxygens (including phenoxy) is 2. The summed E-state index contributed by atoms with van der Waals surface area (Å²) in [6.45, 7) is 3.03. The Morgan fingerprint density at radius 2 is 2.25 bits per heavy atom. The molecule has 0 bridgehead atoms. The molecular weight excluding hydrogens is 202 g/mol. The molecule has 1 heterocycles. The Morgan fingerprint density at radius 1 is 1.50 bits per heavy atom. The molecule has 2 fully saturated rings. The maximum absolute atomic E-state index is 6.33. The Labute approximate surface area is 98.7 Å². The fourth-order valence-corrected chi connectivity index (χ4v) is 3.21. The first kappa shape index (κ1) is 12.3. The van der Waals surface area contributed by atoms with E-state index in [2.05, 4.69) is 6.92 Å². The molecule has 94 valence electrons. The van der Waals surface area contributed by atoms with Gasteiger partial charge >= 0.3 is 0 Å². The van der Waals surface area contributed by atoms with Crippen molar-refractivity contribution in [2.75, 3.05) is 13.7 Å². The molecule has 1 aliphatic carbocycles. The second-order valence-corrected chi connectivity index (χ2v) is 5.40. The molecule has 16 heavy (non-hydrogen) atoms. The summed E-state index contributed by atoms with van der Waals surface area (Å²) in [5.74, 6) is 0.582. The Balaban J connectivity index is 1.92. The standard InChI is InChI=1S/C13H25NO2/c1-3-11(15-2)12(14)10-5-8-16-13(9-10)6-4-7-13/h10-12H,3-9,14H2,1-2H3. The van der Waals surface area contributed by atoms with Crippen molar-refractivity contribution in [3.05, 3.63) is 0 Å². The number of hydrogen-bond donors (Lipinski definition) is 1. The third-order valence-corrected chi connectivity index (χ3v) is 4.47. The number of rotatable bonds is 4. The fraction of sp³-hybridized carbons (Fsp3) is 1.00. The van der Waals surface area contributed by atoms with Crippen molar-refractivity contribution in [3.63, 3.8) is 0 Å². The summed E-state index contributed by atoms with van der Waals surface area (Å²) in [5.41, 5.74) is 6.53. The largest absolute Gasteiger partial charge is 0.380 e. The normalized spacial score (nSPS) is 32.1. The van der Waals surface area contributed by atoms with Gasteiger partial charge in [-0.2, -0.15) is 0 Å². The lowest BCUT2D eigenvalue weighted by molar-refractivity contribution is -0.150. The zero-order valence-corrected chi connectivity index (χ0v) is 10.6. The van der Waals surface area contributed by atoms with E-state index in [-0.39, 0.29) is 17.7 Å². The van der Waals surface area contributed by atoms with Crippen LogP contribution in [-0.4, -0.2) is 31.5 Å². The highest BCUT2D eigenvalue weighted by molar-refractivity contribution is 4.97. The first-order valence-electron chi connectivity index (χ1n) is 6.63. The lowest BCUT2D eigenvalue weighted by atomic mass is 9.70. The minimum Gasteiger partial charge on any atom is -0.380 e. The smallest absolute Gasteiger partial charge is 0.0722 e. The van der Waals surface area contributed by atoms with Crippen LogP contribution in [-0.2, 0) is 9.47 Å². The van der Waals surface area contributed by atoms with Crippen LogP contribution in [0, 0.1) is 5.92 Å². The van der Waals surface area contributed by atoms with Crippen molar-refractivity contribution in [1.29, 1.82) is 0 Å². The van der Waals surface area contributed by atoms with Gasteiger partial charge in [0.25, 0.3) is 0 Å². The maximum Gasteiger partial charge on any atom is 0.0722 e. The van der Waals surface area contributed by atoms with E-state index in [1.54, 1.807) is 7.11 Å². The van der Waals surface area contributed by atoms with Gasteiger partial charge in [-0.25, -0.2) is 0 Å². The van der Waals surface area contributed by atoms with E-state index in [9.17, 15) is 0 Å². The van der Waals surface area contributed by atoms with Gasteiger partial charge < -0.3 is 15.2 Å². The second-order valence-electron chi connectivity index (χ2n) is 5.40. The molecule has 2 aliphatic rings. The monoisotopic (exact) mass is 227 g/mol. The summed E-state index contributed by atoms with van der Waals surface area (Å²) < 4.78 is 11.4. The zero-order valence-electron chi connectivity index (χ0n) is 10.6. The van der Waals surface area contributed by atoms with Gasteiger partial charge in [-0.3, -0.25) is 0 Å². The highest BCUT2D eigenvalue weighted by atomic mass is 16.5. The number of methoxy groups -OCH3 is 1. The molecule has 3 unspecified atom stereocenters. The average Bonchev–Trinajstić information content (AvgIpc) is 2.28. The van der Waals surface area contributed by atoms with E-state index in [0.717, 1.165) is 25.9 Å². The van der Waals surface area contributed by atoms with Gasteiger partial charge in [-0.05, 0) is 44.4 Å². The highest BCUT2D eigenvalue weighted by Crippen LogP contribution is 2.45. The molecule has 2 N–H and O–H groups in total. The molecular formula is C13H25NO2. The van der Waals surface area contributed by atoms with E-state index in [1.807, 2.05) is 0 Å². The molecule has 0 aromatic heterocycles. The summed E-state index contributed by atoms with van der Waals surface area (Å²) in [7, 11) is 1.77. The van der Waals surface area contributed by atoms with Crippen molar-refractivity contribution in [2.24, 2.45) is 11.7 Å². The third-order valence-electron chi connectivity index (χ3n) is 4.47. The summed E-state index contributed by atoms with van der Waals surface area (Å²) in [5, 5.41) is 0. The number of hydrogen-bond acceptors (Lipinski definition) is 3. The topological polar surface area (TPSA) is 44.5 Å². The first-order valence-corrected chi connectivity index (χ1v) is 6.63. The third kappa shape index (κ3) is 2.27. The highest BCUT2D eigenvalue weighted by Gasteiger charge is 2.44. The maximum atomic E-state index is 6.33. The van der Waals surface area contributed by atoms with Gasteiger partial charge in [-0.1, -0.05) is 6.92 Å². The van der Waals surface area contributed by atoms with E-state index >= 15 is 0 Å². The van der Waals surface area contributed by atoms with Crippen LogP contribution in [0.2, 0.25) is 0 Å². The van der Waals surface area contributed by atoms with Crippen molar-refractivity contribution in [1.82, 2.24) is 0 Å². The van der Waals surface area contributed by atoms with Crippen molar-refractivity contribution in [2.45, 2.75) is 63.2 Å². The predicted octanol–water partition coefficient (Wildman–Crippen LogP) is 2.09. The van der Waals surface area contributed by atoms with Crippen LogP contribution in [0.1, 0.15) is 45.4 Å². The molecule has 1 saturated carbocycles. The molecule has 0 aromatic rings. The Kier molecular flexibility index (Phi) is 3.88. The SMILES string of the molecule is CCC(OC)C(N)C1CCOC2(CCC2)C1. The predicted molar refractivity (Wildman–Crippen MR) is 64.3 cm³/mol. The van der Waals surface area contributed by atoms with Crippen LogP contribution in [0.25, 0.3) is 0 Å². The van der Waals surface area contributed by atoms with Crippen LogP contribution in [0.3, 0.4) is 0 Å². The van der Waals surface area contributed by atoms with E-state index in [4.69, 9.17) is 15.2 Å². The first-order chi connectivity index (χ1) is 7.71. The molecule has 2 rings (SSSR count). The van der Waals surface area contributed by atoms with Crippen LogP contribution in [0.15, 0.2) is 0 Å². The summed E-state index contributed by atoms with van der Waals surface area (Å²) >= 11 is 0. The van der Waals surface area contributed by atoms with Crippen LogP contribution in [0.5, 0.6) is 0 Å². The van der Waals surface area contributed by atoms with E-state index < -0.39 is 0 Å². The van der Waals surface area contributed by atoms with Crippen LogP contribution >= 0.6 is 0 Å². The van der Waals surface area contributed by atoms with E-state index in [1.165, 1.54) is 19.3 Å². The molecule has 1 aliphatic heterocycles. The molecule has 3 nitrogen and oxygen atoms in total. The fourth-order valence-electron chi connectivity index (χ4n) is 3.21. The Hall–Kier alpha value is -0.120. The van der Waals surface area contributed by atoms with Crippen LogP contribution < -0.4 is 5.73 Å². The Bertz CT molecular complexity index is 224. The van der Waals surface area contributed by atoms with Crippen LogP contribution in [0.4, 0.5) is 0 Å². The van der Waals surface area contributed by atoms with Gasteiger partial charge in [0.2, 0.25) is 0 Å². The molecule has 3 heteroatoms. The van der Waals surface area contributed by atoms with Gasteiger partial charge in [0.1, 0.15) is 0 Å². The van der Waals surface area contributed by atoms with Gasteiger partial charge in [0.15, 0.2) is 0 Å². The van der Waals surface area contributed by atoms with Crippen molar-refractivity contribution in [3.8, 4) is 0 Å². The van der Waals surface area contributed by atoms with Gasteiger partial charge in [-0.15, -0.1) is 0 Å². The summed E-state index contributed by atoms with van der Waals surface area (Å²) in [4.78, 5) is 0. The minimum absolute atomic E-state index is 0.177. The van der Waals surface area contributed by atoms with Crippen molar-refractivity contribution >= 4 is 0 Å². The quantitative estimate of drug-likeness (QED) is 0.800. The zero-order chi connectivity index (χ0) is 11.6. The average molecular weight is 227 g/mol. The van der Waals surface area contributed by atoms with E-state index in [0.29, 0.717) is 5.92 Å². The Morgan fingerprint density at radius 3 is 2.75 bits per heavy atom. The lowest BCUT2D eigenvalue weighted by Crippen LogP contribution is -2.52. The van der Waals surface area contributed by atoms with Crippen molar-refractivity contribution < 1.29 is 9.47 Å². The molecule has 0 amide bonds. The van der Waals surface area contributed by atoms with Gasteiger partial charge in [0.05, 0.1) is 11.7 Å². The number of nitrogens with two attached hydrogens (primary N) is 1. The van der Waals surface area contributed by atoms with Gasteiger partial charge in [0, 0.05) is 19.8 Å². The molecule has 1 saturated heterocycles. The molecule has 1 spiro atoms.